The molecule has 0 N–H and O–H groups in total. The van der Waals surface area contributed by atoms with Crippen LogP contribution in [0.4, 0.5) is 28.4 Å². The van der Waals surface area contributed by atoms with Crippen molar-refractivity contribution >= 4 is 44.4 Å². The molecule has 1 heterocycles. The van der Waals surface area contributed by atoms with Gasteiger partial charge in [0.1, 0.15) is 0 Å². The van der Waals surface area contributed by atoms with Crippen molar-refractivity contribution in [2.75, 3.05) is 9.80 Å². The zero-order chi connectivity index (χ0) is 18.8. The van der Waals surface area contributed by atoms with Crippen LogP contribution in [-0.4, -0.2) is 0 Å². The first-order chi connectivity index (χ1) is 13.2. The molecule has 0 atom stereocenters. The number of rotatable bonds is 3. The fourth-order valence-corrected chi connectivity index (χ4v) is 3.92. The average Bonchev–Trinajstić information content (AvgIpc) is 2.71. The van der Waals surface area contributed by atoms with Gasteiger partial charge in [-0.1, -0.05) is 58.4 Å². The summed E-state index contributed by atoms with van der Waals surface area (Å²) in [4.78, 5) is 4.66. The summed E-state index contributed by atoms with van der Waals surface area (Å²) in [5.41, 5.74) is 6.95. The van der Waals surface area contributed by atoms with Crippen LogP contribution >= 0.6 is 15.9 Å². The molecule has 0 saturated carbocycles. The minimum Gasteiger partial charge on any atom is -0.307 e. The molecule has 3 heteroatoms. The summed E-state index contributed by atoms with van der Waals surface area (Å²) < 4.78 is 1.06. The predicted octanol–water partition coefficient (Wildman–Crippen LogP) is 7.85. The van der Waals surface area contributed by atoms with Gasteiger partial charge in [0.05, 0.1) is 22.7 Å². The third kappa shape index (κ3) is 3.08. The molecule has 0 amide bonds. The van der Waals surface area contributed by atoms with Crippen LogP contribution < -0.4 is 9.80 Å². The van der Waals surface area contributed by atoms with Crippen LogP contribution in [0.3, 0.4) is 0 Å². The maximum absolute atomic E-state index is 3.66. The predicted molar refractivity (Wildman–Crippen MR) is 120 cm³/mol. The first-order valence-corrected chi connectivity index (χ1v) is 9.87. The monoisotopic (exact) mass is 416 g/mol. The highest BCUT2D eigenvalue weighted by Gasteiger charge is 2.30. The van der Waals surface area contributed by atoms with Crippen LogP contribution in [0.5, 0.6) is 0 Å². The van der Waals surface area contributed by atoms with Crippen LogP contribution in [0.1, 0.15) is 13.8 Å². The third-order valence-electron chi connectivity index (χ3n) is 4.69. The Kier molecular flexibility index (Phi) is 4.87. The van der Waals surface area contributed by atoms with Crippen molar-refractivity contribution in [1.82, 2.24) is 0 Å². The summed E-state index contributed by atoms with van der Waals surface area (Å²) >= 11 is 3.66. The van der Waals surface area contributed by atoms with Gasteiger partial charge in [0.15, 0.2) is 0 Å². The van der Waals surface area contributed by atoms with E-state index in [0.717, 1.165) is 32.9 Å². The molecule has 4 rings (SSSR count). The molecule has 1 aliphatic rings. The molecule has 0 spiro atoms. The number of benzene rings is 3. The van der Waals surface area contributed by atoms with Crippen LogP contribution in [0.2, 0.25) is 0 Å². The fourth-order valence-electron chi connectivity index (χ4n) is 3.57. The molecule has 0 aliphatic carbocycles. The Morgan fingerprint density at radius 1 is 0.778 bits per heavy atom. The van der Waals surface area contributed by atoms with Crippen LogP contribution in [-0.2, 0) is 0 Å². The van der Waals surface area contributed by atoms with E-state index < -0.39 is 0 Å². The lowest BCUT2D eigenvalue weighted by molar-refractivity contribution is 1.12. The van der Waals surface area contributed by atoms with Crippen molar-refractivity contribution in [3.8, 4) is 0 Å². The summed E-state index contributed by atoms with van der Waals surface area (Å²) in [6, 6.07) is 25.6. The second kappa shape index (κ2) is 7.45. The molecule has 134 valence electrons. The lowest BCUT2D eigenvalue weighted by Crippen LogP contribution is -2.26. The van der Waals surface area contributed by atoms with Crippen LogP contribution in [0.25, 0.3) is 0 Å². The lowest BCUT2D eigenvalue weighted by Gasteiger charge is -2.40. The SMILES string of the molecule is C/C=C\C(=C/C)N1c2ccccc2N(c2ccccc2)c2ccc(Br)cc21. The van der Waals surface area contributed by atoms with E-state index in [1.165, 1.54) is 5.69 Å². The zero-order valence-corrected chi connectivity index (χ0v) is 17.0. The maximum Gasteiger partial charge on any atom is 0.0714 e. The number of anilines is 5. The van der Waals surface area contributed by atoms with E-state index in [-0.39, 0.29) is 0 Å². The van der Waals surface area contributed by atoms with E-state index in [1.54, 1.807) is 0 Å². The summed E-state index contributed by atoms with van der Waals surface area (Å²) in [5, 5.41) is 0. The zero-order valence-electron chi connectivity index (χ0n) is 15.4. The van der Waals surface area contributed by atoms with E-state index >= 15 is 0 Å². The number of hydrogen-bond donors (Lipinski definition) is 0. The highest BCUT2D eigenvalue weighted by Crippen LogP contribution is 2.53. The summed E-state index contributed by atoms with van der Waals surface area (Å²) in [6.07, 6.45) is 6.39. The first kappa shape index (κ1) is 17.6. The second-order valence-corrected chi connectivity index (χ2v) is 7.26. The van der Waals surface area contributed by atoms with Gasteiger partial charge >= 0.3 is 0 Å². The van der Waals surface area contributed by atoms with Gasteiger partial charge < -0.3 is 9.80 Å². The van der Waals surface area contributed by atoms with Gasteiger partial charge in [0.25, 0.3) is 0 Å². The van der Waals surface area contributed by atoms with Crippen molar-refractivity contribution in [2.24, 2.45) is 0 Å². The van der Waals surface area contributed by atoms with Crippen molar-refractivity contribution < 1.29 is 0 Å². The normalized spacial score (nSPS) is 13.7. The second-order valence-electron chi connectivity index (χ2n) is 6.34. The van der Waals surface area contributed by atoms with Gasteiger partial charge in [-0.25, -0.2) is 0 Å². The molecule has 2 nitrogen and oxygen atoms in total. The highest BCUT2D eigenvalue weighted by molar-refractivity contribution is 9.10. The number of allylic oxidation sites excluding steroid dienone is 3. The fraction of sp³-hybridized carbons (Fsp3) is 0.0833. The van der Waals surface area contributed by atoms with Gasteiger partial charge in [-0.3, -0.25) is 0 Å². The van der Waals surface area contributed by atoms with Crippen LogP contribution in [0, 0.1) is 0 Å². The molecular formula is C24H21BrN2. The maximum atomic E-state index is 3.66. The van der Waals surface area contributed by atoms with Crippen molar-refractivity contribution in [1.29, 1.82) is 0 Å². The quantitative estimate of drug-likeness (QED) is 0.401. The molecule has 0 fully saturated rings. The van der Waals surface area contributed by atoms with Gasteiger partial charge in [-0.05, 0) is 62.4 Å². The topological polar surface area (TPSA) is 6.48 Å². The van der Waals surface area contributed by atoms with Gasteiger partial charge in [0, 0.05) is 15.9 Å². The number of halogens is 1. The smallest absolute Gasteiger partial charge is 0.0714 e. The summed E-state index contributed by atoms with van der Waals surface area (Å²) in [7, 11) is 0. The Morgan fingerprint density at radius 2 is 1.44 bits per heavy atom. The van der Waals surface area contributed by atoms with Crippen molar-refractivity contribution in [3.63, 3.8) is 0 Å². The Balaban J connectivity index is 2.03. The number of nitrogens with zero attached hydrogens (tertiary/aromatic N) is 2. The molecule has 1 aliphatic heterocycles. The van der Waals surface area contributed by atoms with Crippen molar-refractivity contribution in [2.45, 2.75) is 13.8 Å². The first-order valence-electron chi connectivity index (χ1n) is 9.07. The van der Waals surface area contributed by atoms with Gasteiger partial charge in [0.2, 0.25) is 0 Å². The highest BCUT2D eigenvalue weighted by atomic mass is 79.9. The average molecular weight is 417 g/mol. The number of para-hydroxylation sites is 3. The molecule has 0 radical (unpaired) electrons. The van der Waals surface area contributed by atoms with Gasteiger partial charge in [-0.2, -0.15) is 0 Å². The molecule has 0 unspecified atom stereocenters. The lowest BCUT2D eigenvalue weighted by atomic mass is 10.0. The summed E-state index contributed by atoms with van der Waals surface area (Å²) in [5.74, 6) is 0. The molecule has 3 aromatic rings. The largest absolute Gasteiger partial charge is 0.307 e. The number of hydrogen-bond acceptors (Lipinski definition) is 2. The molecule has 3 aromatic carbocycles. The number of fused-ring (bicyclic) bond motifs is 2. The third-order valence-corrected chi connectivity index (χ3v) is 5.18. The minimum atomic E-state index is 1.06. The molecular weight excluding hydrogens is 396 g/mol. The van der Waals surface area contributed by atoms with Crippen LogP contribution in [0.15, 0.2) is 101 Å². The van der Waals surface area contributed by atoms with Crippen molar-refractivity contribution in [3.05, 3.63) is 101 Å². The molecule has 27 heavy (non-hydrogen) atoms. The van der Waals surface area contributed by atoms with E-state index in [2.05, 4.69) is 131 Å². The Morgan fingerprint density at radius 3 is 2.15 bits per heavy atom. The molecule has 0 aromatic heterocycles. The van der Waals surface area contributed by atoms with E-state index in [4.69, 9.17) is 0 Å². The molecule has 0 saturated heterocycles. The van der Waals surface area contributed by atoms with E-state index in [9.17, 15) is 0 Å². The minimum absolute atomic E-state index is 1.06. The van der Waals surface area contributed by atoms with E-state index in [1.807, 2.05) is 0 Å². The summed E-state index contributed by atoms with van der Waals surface area (Å²) in [6.45, 7) is 4.14. The van der Waals surface area contributed by atoms with E-state index in [0.29, 0.717) is 0 Å². The van der Waals surface area contributed by atoms with Gasteiger partial charge in [-0.15, -0.1) is 0 Å². The molecule has 0 bridgehead atoms. The standard InChI is InChI=1S/C24H21BrN2/c1-3-10-19(4-2)26-21-13-8-9-14-22(21)27(20-11-6-5-7-12-20)23-16-15-18(25)17-24(23)26/h3-17H,1-2H3/b10-3-,19-4+. The Hall–Kier alpha value is -2.78. The Bertz CT molecular complexity index is 1020. The Labute approximate surface area is 169 Å².